The summed E-state index contributed by atoms with van der Waals surface area (Å²) in [7, 11) is -3.83. The van der Waals surface area contributed by atoms with Crippen LogP contribution in [0.3, 0.4) is 0 Å². The maximum absolute atomic E-state index is 14.3. The molecule has 0 bridgehead atoms. The Balaban J connectivity index is 1.35. The fourth-order valence-corrected chi connectivity index (χ4v) is 7.45. The SMILES string of the molecule is CS(=O)(=O)N(CCN1CCOCC1)c1cc(OCc2ccccc2)cc(C(=O)OC(Cc2c(Cl)c[nH+]cc2Cl)c2ccc(OC(F)F)c(OCC3CC3)c2)c1. The lowest BCUT2D eigenvalue weighted by molar-refractivity contribution is -0.377. The molecule has 294 valence electrons. The van der Waals surface area contributed by atoms with Gasteiger partial charge in [0, 0.05) is 44.2 Å². The zero-order valence-corrected chi connectivity index (χ0v) is 32.4. The van der Waals surface area contributed by atoms with Crippen molar-refractivity contribution in [1.29, 1.82) is 0 Å². The molecule has 16 heteroatoms. The number of carbonyl (C=O) groups is 1. The topological polar surface area (TPSA) is 118 Å². The van der Waals surface area contributed by atoms with Crippen molar-refractivity contribution >= 4 is 44.9 Å². The molecule has 1 aliphatic carbocycles. The van der Waals surface area contributed by atoms with Crippen LogP contribution in [-0.2, 0) is 32.5 Å². The third-order valence-corrected chi connectivity index (χ3v) is 11.0. The van der Waals surface area contributed by atoms with E-state index in [-0.39, 0.29) is 58.1 Å². The fraction of sp³-hybridized carbons (Fsp3) is 0.385. The van der Waals surface area contributed by atoms with Crippen LogP contribution in [0.4, 0.5) is 14.5 Å². The molecule has 2 heterocycles. The third kappa shape index (κ3) is 11.7. The van der Waals surface area contributed by atoms with E-state index in [1.165, 1.54) is 47.0 Å². The van der Waals surface area contributed by atoms with E-state index in [0.29, 0.717) is 56.5 Å². The molecule has 1 aliphatic heterocycles. The van der Waals surface area contributed by atoms with Gasteiger partial charge in [-0.25, -0.2) is 18.2 Å². The molecule has 4 aromatic rings. The first kappa shape index (κ1) is 40.5. The van der Waals surface area contributed by atoms with Crippen LogP contribution in [0.15, 0.2) is 79.1 Å². The molecule has 1 N–H and O–H groups in total. The number of sulfonamides is 1. The normalized spacial score (nSPS) is 15.4. The molecule has 0 amide bonds. The number of benzene rings is 3. The highest BCUT2D eigenvalue weighted by atomic mass is 35.5. The van der Waals surface area contributed by atoms with Gasteiger partial charge in [0.2, 0.25) is 10.0 Å². The van der Waals surface area contributed by atoms with Gasteiger partial charge in [0.1, 0.15) is 28.5 Å². The number of H-pyrrole nitrogens is 1. The van der Waals surface area contributed by atoms with E-state index < -0.39 is 28.7 Å². The Morgan fingerprint density at radius 1 is 0.982 bits per heavy atom. The zero-order valence-electron chi connectivity index (χ0n) is 30.1. The van der Waals surface area contributed by atoms with Gasteiger partial charge in [0.05, 0.1) is 37.3 Å². The summed E-state index contributed by atoms with van der Waals surface area (Å²) in [6, 6.07) is 18.2. The lowest BCUT2D eigenvalue weighted by Gasteiger charge is -2.30. The second-order valence-corrected chi connectivity index (χ2v) is 16.1. The number of anilines is 1. The van der Waals surface area contributed by atoms with Crippen LogP contribution in [0.2, 0.25) is 10.0 Å². The van der Waals surface area contributed by atoms with Crippen molar-refractivity contribution in [2.24, 2.45) is 5.92 Å². The number of rotatable bonds is 18. The molecule has 55 heavy (non-hydrogen) atoms. The van der Waals surface area contributed by atoms with Gasteiger partial charge in [0.15, 0.2) is 23.9 Å². The van der Waals surface area contributed by atoms with E-state index in [2.05, 4.69) is 9.88 Å². The minimum atomic E-state index is -3.83. The van der Waals surface area contributed by atoms with E-state index in [1.54, 1.807) is 6.07 Å². The van der Waals surface area contributed by atoms with Crippen molar-refractivity contribution in [2.75, 3.05) is 56.6 Å². The standard InChI is InChI=1S/C39H41Cl2F2N3O8S/c1-55(48,49)46(12-11-45-13-15-50-16-14-45)30-17-29(18-31(20-30)51-24-26-5-3-2-4-6-26)38(47)53-36(21-32-33(40)22-44-23-34(32)41)28-9-10-35(54-39(42)43)37(19-28)52-25-27-7-8-27/h2-6,9-10,17-20,22-23,27,36,39H,7-8,11-16,21,24-25H2,1H3/p+1. The molecule has 1 unspecified atom stereocenters. The van der Waals surface area contributed by atoms with E-state index in [9.17, 15) is 22.0 Å². The Hall–Kier alpha value is -4.21. The van der Waals surface area contributed by atoms with Crippen LogP contribution >= 0.6 is 23.2 Å². The number of aromatic amines is 1. The third-order valence-electron chi connectivity index (χ3n) is 9.15. The summed E-state index contributed by atoms with van der Waals surface area (Å²) in [6.07, 6.45) is 5.01. The Kier molecular flexibility index (Phi) is 13.7. The van der Waals surface area contributed by atoms with Gasteiger partial charge in [0.25, 0.3) is 0 Å². The number of carbonyl (C=O) groups excluding carboxylic acids is 1. The number of halogens is 4. The van der Waals surface area contributed by atoms with E-state index in [1.807, 2.05) is 30.3 Å². The van der Waals surface area contributed by atoms with Crippen LogP contribution in [-0.4, -0.2) is 78.2 Å². The largest absolute Gasteiger partial charge is 0.489 e. The van der Waals surface area contributed by atoms with Crippen molar-refractivity contribution < 1.29 is 50.7 Å². The van der Waals surface area contributed by atoms with Crippen molar-refractivity contribution in [3.63, 3.8) is 0 Å². The molecule has 1 saturated heterocycles. The molecule has 0 radical (unpaired) electrons. The summed E-state index contributed by atoms with van der Waals surface area (Å²) in [5.41, 5.74) is 1.92. The molecular formula is C39H42Cl2F2N3O8S+. The van der Waals surface area contributed by atoms with E-state index in [4.69, 9.17) is 46.9 Å². The van der Waals surface area contributed by atoms with Crippen LogP contribution in [0.1, 0.15) is 46.0 Å². The zero-order chi connectivity index (χ0) is 39.0. The summed E-state index contributed by atoms with van der Waals surface area (Å²) in [6.45, 7) is 0.315. The highest BCUT2D eigenvalue weighted by Gasteiger charge is 2.28. The van der Waals surface area contributed by atoms with Crippen molar-refractivity contribution in [3.05, 3.63) is 111 Å². The van der Waals surface area contributed by atoms with Gasteiger partial charge in [-0.05, 0) is 54.2 Å². The van der Waals surface area contributed by atoms with Crippen molar-refractivity contribution in [2.45, 2.75) is 38.6 Å². The Bertz CT molecular complexity index is 2020. The lowest BCUT2D eigenvalue weighted by atomic mass is 10.0. The highest BCUT2D eigenvalue weighted by molar-refractivity contribution is 7.92. The Labute approximate surface area is 329 Å². The summed E-state index contributed by atoms with van der Waals surface area (Å²) in [5, 5.41) is 0.554. The number of nitrogens with zero attached hydrogens (tertiary/aromatic N) is 2. The van der Waals surface area contributed by atoms with E-state index in [0.717, 1.165) is 24.7 Å². The summed E-state index contributed by atoms with van der Waals surface area (Å²) >= 11 is 13.1. The lowest BCUT2D eigenvalue weighted by Crippen LogP contribution is -2.43. The van der Waals surface area contributed by atoms with Gasteiger partial charge in [-0.2, -0.15) is 8.78 Å². The van der Waals surface area contributed by atoms with Crippen LogP contribution in [0, 0.1) is 5.92 Å². The minimum absolute atomic E-state index is 0.00651. The summed E-state index contributed by atoms with van der Waals surface area (Å²) < 4.78 is 82.9. The number of morpholine rings is 1. The molecular weight excluding hydrogens is 779 g/mol. The smallest absolute Gasteiger partial charge is 0.387 e. The van der Waals surface area contributed by atoms with Gasteiger partial charge >= 0.3 is 12.6 Å². The second-order valence-electron chi connectivity index (χ2n) is 13.3. The number of ether oxygens (including phenoxy) is 5. The average Bonchev–Trinajstić information content (AvgIpc) is 3.99. The monoisotopic (exact) mass is 820 g/mol. The number of aromatic nitrogens is 1. The van der Waals surface area contributed by atoms with Crippen molar-refractivity contribution in [3.8, 4) is 17.2 Å². The average molecular weight is 822 g/mol. The molecule has 2 aliphatic rings. The maximum Gasteiger partial charge on any atom is 0.387 e. The molecule has 2 fully saturated rings. The molecule has 3 aromatic carbocycles. The van der Waals surface area contributed by atoms with Gasteiger partial charge in [-0.1, -0.05) is 59.6 Å². The van der Waals surface area contributed by atoms with Crippen LogP contribution < -0.4 is 23.5 Å². The predicted molar refractivity (Wildman–Crippen MR) is 203 cm³/mol. The van der Waals surface area contributed by atoms with Crippen LogP contribution in [0.25, 0.3) is 0 Å². The summed E-state index contributed by atoms with van der Waals surface area (Å²) in [4.78, 5) is 19.2. The first-order valence-corrected chi connectivity index (χ1v) is 20.4. The van der Waals surface area contributed by atoms with E-state index >= 15 is 0 Å². The molecule has 0 spiro atoms. The highest BCUT2D eigenvalue weighted by Crippen LogP contribution is 2.38. The molecule has 1 atom stereocenters. The molecule has 1 aromatic heterocycles. The number of alkyl halides is 2. The molecule has 6 rings (SSSR count). The number of hydrogen-bond donors (Lipinski definition) is 0. The predicted octanol–water partition coefficient (Wildman–Crippen LogP) is 7.02. The number of esters is 1. The molecule has 1 saturated carbocycles. The number of hydrogen-bond acceptors (Lipinski definition) is 9. The van der Waals surface area contributed by atoms with Gasteiger partial charge in [-0.3, -0.25) is 9.21 Å². The number of nitrogens with one attached hydrogen (secondary N) is 1. The Morgan fingerprint density at radius 2 is 1.71 bits per heavy atom. The summed E-state index contributed by atoms with van der Waals surface area (Å²) in [5.74, 6) is -0.381. The minimum Gasteiger partial charge on any atom is -0.489 e. The fourth-order valence-electron chi connectivity index (χ4n) is 6.02. The second kappa shape index (κ2) is 18.6. The van der Waals surface area contributed by atoms with Crippen molar-refractivity contribution in [1.82, 2.24) is 4.90 Å². The van der Waals surface area contributed by atoms with Gasteiger partial charge < -0.3 is 23.7 Å². The maximum atomic E-state index is 14.3. The molecule has 11 nitrogen and oxygen atoms in total. The first-order chi connectivity index (χ1) is 26.4. The Morgan fingerprint density at radius 3 is 2.38 bits per heavy atom. The quantitative estimate of drug-likeness (QED) is 0.0977. The first-order valence-electron chi connectivity index (χ1n) is 17.8. The van der Waals surface area contributed by atoms with Gasteiger partial charge in [-0.15, -0.1) is 0 Å². The van der Waals surface area contributed by atoms with Crippen LogP contribution in [0.5, 0.6) is 17.2 Å². The number of pyridine rings is 1.